The number of unbranched alkanes of at least 4 members (excludes halogenated alkanes) is 1. The van der Waals surface area contributed by atoms with Gasteiger partial charge < -0.3 is 0 Å². The lowest BCUT2D eigenvalue weighted by atomic mass is 9.96. The molecule has 7 nitrogen and oxygen atoms in total. The highest BCUT2D eigenvalue weighted by Crippen LogP contribution is 2.30. The van der Waals surface area contributed by atoms with Gasteiger partial charge in [0.1, 0.15) is 5.84 Å². The average molecular weight is 417 g/mol. The molecule has 1 aliphatic rings. The summed E-state index contributed by atoms with van der Waals surface area (Å²) in [5, 5.41) is 14.4. The van der Waals surface area contributed by atoms with Gasteiger partial charge in [0.05, 0.1) is 18.5 Å². The third kappa shape index (κ3) is 4.71. The molecule has 0 fully saturated rings. The summed E-state index contributed by atoms with van der Waals surface area (Å²) in [5.41, 5.74) is 3.79. The Balaban J connectivity index is 1.57. The predicted octanol–water partition coefficient (Wildman–Crippen LogP) is 4.63. The molecular formula is C24H28N6O. The number of hydrogen-bond acceptors (Lipinski definition) is 5. The average Bonchev–Trinajstić information content (AvgIpc) is 3.29. The summed E-state index contributed by atoms with van der Waals surface area (Å²) in [5.74, 6) is 1.63. The second kappa shape index (κ2) is 8.79. The lowest BCUT2D eigenvalue weighted by Gasteiger charge is -2.35. The van der Waals surface area contributed by atoms with Gasteiger partial charge in [-0.2, -0.15) is 5.21 Å². The third-order valence-electron chi connectivity index (χ3n) is 5.50. The van der Waals surface area contributed by atoms with E-state index in [0.29, 0.717) is 18.8 Å². The molecule has 160 valence electrons. The van der Waals surface area contributed by atoms with Crippen LogP contribution in [0.2, 0.25) is 0 Å². The van der Waals surface area contributed by atoms with E-state index >= 15 is 0 Å². The zero-order valence-electron chi connectivity index (χ0n) is 18.3. The SMILES string of the molecule is CCCCC1=NC(C)(C)CC(=O)N1Cc1ccc(-c2ccccc2-c2nn[nH]n2)cc1. The number of aliphatic imine (C=N–C) groups is 1. The Morgan fingerprint density at radius 3 is 2.48 bits per heavy atom. The Bertz CT molecular complexity index is 1070. The van der Waals surface area contributed by atoms with Crippen molar-refractivity contribution < 1.29 is 4.79 Å². The van der Waals surface area contributed by atoms with Crippen LogP contribution in [0.25, 0.3) is 22.5 Å². The molecule has 2 heterocycles. The molecule has 0 saturated heterocycles. The summed E-state index contributed by atoms with van der Waals surface area (Å²) in [6.45, 7) is 6.77. The largest absolute Gasteiger partial charge is 0.296 e. The van der Waals surface area contributed by atoms with Crippen LogP contribution in [-0.4, -0.2) is 42.8 Å². The molecule has 2 aromatic carbocycles. The number of nitrogens with zero attached hydrogens (tertiary/aromatic N) is 5. The Kier molecular flexibility index (Phi) is 5.93. The van der Waals surface area contributed by atoms with Gasteiger partial charge >= 0.3 is 0 Å². The molecule has 0 bridgehead atoms. The predicted molar refractivity (Wildman–Crippen MR) is 121 cm³/mol. The van der Waals surface area contributed by atoms with Crippen LogP contribution in [0, 0.1) is 0 Å². The molecule has 7 heteroatoms. The molecule has 0 radical (unpaired) electrons. The van der Waals surface area contributed by atoms with E-state index in [2.05, 4.69) is 51.8 Å². The minimum atomic E-state index is -0.320. The van der Waals surface area contributed by atoms with Gasteiger partial charge in [0.2, 0.25) is 11.7 Å². The highest BCUT2D eigenvalue weighted by atomic mass is 16.2. The second-order valence-electron chi connectivity index (χ2n) is 8.58. The number of tetrazole rings is 1. The van der Waals surface area contributed by atoms with E-state index < -0.39 is 0 Å². The maximum Gasteiger partial charge on any atom is 0.230 e. The lowest BCUT2D eigenvalue weighted by Crippen LogP contribution is -2.45. The molecule has 1 aliphatic heterocycles. The number of hydrogen-bond donors (Lipinski definition) is 1. The summed E-state index contributed by atoms with van der Waals surface area (Å²) in [4.78, 5) is 19.6. The van der Waals surface area contributed by atoms with Crippen molar-refractivity contribution in [2.75, 3.05) is 0 Å². The van der Waals surface area contributed by atoms with Crippen LogP contribution in [0.3, 0.4) is 0 Å². The highest BCUT2D eigenvalue weighted by molar-refractivity contribution is 6.00. The van der Waals surface area contributed by atoms with Gasteiger partial charge in [-0.15, -0.1) is 10.2 Å². The van der Waals surface area contributed by atoms with Crippen LogP contribution in [0.4, 0.5) is 0 Å². The van der Waals surface area contributed by atoms with Crippen LogP contribution in [0.1, 0.15) is 52.0 Å². The highest BCUT2D eigenvalue weighted by Gasteiger charge is 2.33. The number of H-pyrrole nitrogens is 1. The number of carbonyl (C=O) groups is 1. The molecule has 0 atom stereocenters. The molecule has 1 N–H and O–H groups in total. The first-order valence-corrected chi connectivity index (χ1v) is 10.8. The monoisotopic (exact) mass is 416 g/mol. The normalized spacial score (nSPS) is 15.8. The summed E-state index contributed by atoms with van der Waals surface area (Å²) in [6, 6.07) is 16.3. The topological polar surface area (TPSA) is 87.1 Å². The fraction of sp³-hybridized carbons (Fsp3) is 0.375. The maximum absolute atomic E-state index is 12.9. The zero-order valence-corrected chi connectivity index (χ0v) is 18.3. The van der Waals surface area contributed by atoms with Gasteiger partial charge in [0, 0.05) is 12.0 Å². The van der Waals surface area contributed by atoms with Crippen LogP contribution in [-0.2, 0) is 11.3 Å². The first-order chi connectivity index (χ1) is 15.0. The fourth-order valence-electron chi connectivity index (χ4n) is 3.94. The molecule has 1 amide bonds. The molecular weight excluding hydrogens is 388 g/mol. The number of aromatic amines is 1. The van der Waals surface area contributed by atoms with E-state index in [4.69, 9.17) is 4.99 Å². The van der Waals surface area contributed by atoms with Crippen LogP contribution < -0.4 is 0 Å². The zero-order chi connectivity index (χ0) is 21.8. The van der Waals surface area contributed by atoms with Gasteiger partial charge in [0.25, 0.3) is 0 Å². The molecule has 4 rings (SSSR count). The van der Waals surface area contributed by atoms with Crippen molar-refractivity contribution >= 4 is 11.7 Å². The van der Waals surface area contributed by atoms with E-state index in [1.807, 2.05) is 43.0 Å². The number of nitrogens with one attached hydrogen (secondary N) is 1. The second-order valence-corrected chi connectivity index (χ2v) is 8.58. The van der Waals surface area contributed by atoms with Gasteiger partial charge in [-0.3, -0.25) is 14.7 Å². The molecule has 0 aliphatic carbocycles. The molecule has 0 saturated carbocycles. The lowest BCUT2D eigenvalue weighted by molar-refractivity contribution is -0.129. The Morgan fingerprint density at radius 1 is 1.06 bits per heavy atom. The van der Waals surface area contributed by atoms with Crippen molar-refractivity contribution in [2.45, 2.75) is 58.5 Å². The summed E-state index contributed by atoms with van der Waals surface area (Å²) in [6.07, 6.45) is 3.39. The van der Waals surface area contributed by atoms with E-state index in [-0.39, 0.29) is 11.4 Å². The summed E-state index contributed by atoms with van der Waals surface area (Å²) < 4.78 is 0. The number of carbonyl (C=O) groups excluding carboxylic acids is 1. The van der Waals surface area contributed by atoms with E-state index in [0.717, 1.165) is 47.4 Å². The molecule has 3 aromatic rings. The van der Waals surface area contributed by atoms with Crippen molar-refractivity contribution in [3.63, 3.8) is 0 Å². The quantitative estimate of drug-likeness (QED) is 0.608. The van der Waals surface area contributed by atoms with Crippen LogP contribution in [0.5, 0.6) is 0 Å². The number of rotatable bonds is 7. The number of benzene rings is 2. The first-order valence-electron chi connectivity index (χ1n) is 10.8. The number of amidine groups is 1. The smallest absolute Gasteiger partial charge is 0.230 e. The minimum Gasteiger partial charge on any atom is -0.296 e. The summed E-state index contributed by atoms with van der Waals surface area (Å²) >= 11 is 0. The Morgan fingerprint density at radius 2 is 1.81 bits per heavy atom. The molecule has 1 aromatic heterocycles. The van der Waals surface area contributed by atoms with Gasteiger partial charge in [-0.25, -0.2) is 0 Å². The molecule has 0 unspecified atom stereocenters. The van der Waals surface area contributed by atoms with E-state index in [1.54, 1.807) is 0 Å². The van der Waals surface area contributed by atoms with Gasteiger partial charge in [-0.1, -0.05) is 61.9 Å². The third-order valence-corrected chi connectivity index (χ3v) is 5.50. The summed E-state index contributed by atoms with van der Waals surface area (Å²) in [7, 11) is 0. The molecule has 31 heavy (non-hydrogen) atoms. The van der Waals surface area contributed by atoms with Crippen LogP contribution >= 0.6 is 0 Å². The van der Waals surface area contributed by atoms with Crippen molar-refractivity contribution in [1.82, 2.24) is 25.5 Å². The molecule has 0 spiro atoms. The van der Waals surface area contributed by atoms with Crippen molar-refractivity contribution in [2.24, 2.45) is 4.99 Å². The first kappa shape index (κ1) is 20.9. The van der Waals surface area contributed by atoms with Crippen molar-refractivity contribution in [1.29, 1.82) is 0 Å². The number of amides is 1. The Hall–Kier alpha value is -3.35. The van der Waals surface area contributed by atoms with Gasteiger partial charge in [0.15, 0.2) is 0 Å². The van der Waals surface area contributed by atoms with Crippen LogP contribution in [0.15, 0.2) is 53.5 Å². The fourth-order valence-corrected chi connectivity index (χ4v) is 3.94. The number of aromatic nitrogens is 4. The van der Waals surface area contributed by atoms with Gasteiger partial charge in [-0.05, 0) is 42.2 Å². The van der Waals surface area contributed by atoms with E-state index in [9.17, 15) is 4.79 Å². The van der Waals surface area contributed by atoms with Crippen molar-refractivity contribution in [3.8, 4) is 22.5 Å². The minimum absolute atomic E-state index is 0.151. The Labute approximate surface area is 182 Å². The van der Waals surface area contributed by atoms with E-state index in [1.165, 1.54) is 0 Å². The maximum atomic E-state index is 12.9. The standard InChI is InChI=1S/C24H28N6O/c1-4-5-10-21-25-24(2,3)15-22(31)30(21)16-17-11-13-18(14-12-17)19-8-6-7-9-20(19)23-26-28-29-27-23/h6-9,11-14H,4-5,10,15-16H2,1-3H3,(H,26,27,28,29). The van der Waals surface area contributed by atoms with Crippen molar-refractivity contribution in [3.05, 3.63) is 54.1 Å².